The highest BCUT2D eigenvalue weighted by atomic mass is 31.1. The van der Waals surface area contributed by atoms with Crippen LogP contribution in [-0.4, -0.2) is 10.00 Å². The van der Waals surface area contributed by atoms with Crippen LogP contribution in [0.2, 0.25) is 0 Å². The molecule has 0 amide bonds. The third-order valence-corrected chi connectivity index (χ3v) is 13.0. The molecule has 1 aromatic carbocycles. The van der Waals surface area contributed by atoms with Crippen molar-refractivity contribution in [3.8, 4) is 5.75 Å². The molecule has 0 spiro atoms. The normalized spacial score (nSPS) is 12.2. The average Bonchev–Trinajstić information content (AvgIpc) is 3.19. The SMILES string of the molecule is CCCCCCCCCCCCCCCCCCC(CCCCCCCCCCCCCCCCCC)(O[P+](=O)O)c1cc(CCCC)c(O)c(CCCC)c1. The number of rotatable bonds is 43. The molecule has 0 bridgehead atoms. The maximum absolute atomic E-state index is 12.6. The van der Waals surface area contributed by atoms with Crippen LogP contribution in [0.3, 0.4) is 0 Å². The van der Waals surface area contributed by atoms with Crippen LogP contribution in [0.5, 0.6) is 5.75 Å². The van der Waals surface area contributed by atoms with Gasteiger partial charge in [0.25, 0.3) is 0 Å². The van der Waals surface area contributed by atoms with Crippen molar-refractivity contribution in [3.63, 3.8) is 0 Å². The molecule has 0 aliphatic heterocycles. The Labute approximate surface area is 350 Å². The summed E-state index contributed by atoms with van der Waals surface area (Å²) in [5, 5.41) is 11.3. The van der Waals surface area contributed by atoms with E-state index in [1.165, 1.54) is 180 Å². The molecule has 0 radical (unpaired) electrons. The summed E-state index contributed by atoms with van der Waals surface area (Å²) < 4.78 is 18.8. The summed E-state index contributed by atoms with van der Waals surface area (Å²) >= 11 is 0. The van der Waals surface area contributed by atoms with Gasteiger partial charge in [0.05, 0.1) is 0 Å². The van der Waals surface area contributed by atoms with Crippen molar-refractivity contribution in [3.05, 3.63) is 28.8 Å². The number of benzene rings is 1. The van der Waals surface area contributed by atoms with Crippen LogP contribution in [0, 0.1) is 0 Å². The van der Waals surface area contributed by atoms with Gasteiger partial charge in [-0.15, -0.1) is 9.42 Å². The second kappa shape index (κ2) is 38.3. The van der Waals surface area contributed by atoms with Gasteiger partial charge in [-0.3, -0.25) is 0 Å². The van der Waals surface area contributed by atoms with E-state index in [9.17, 15) is 14.6 Å². The van der Waals surface area contributed by atoms with Crippen molar-refractivity contribution < 1.29 is 19.1 Å². The molecular weight excluding hydrogens is 708 g/mol. The number of phenols is 1. The number of phenolic OH excluding ortho intramolecular Hbond substituents is 1. The van der Waals surface area contributed by atoms with Gasteiger partial charge >= 0.3 is 8.25 Å². The molecule has 0 aromatic heterocycles. The topological polar surface area (TPSA) is 66.8 Å². The van der Waals surface area contributed by atoms with E-state index in [2.05, 4.69) is 39.8 Å². The Balaban J connectivity index is 2.70. The van der Waals surface area contributed by atoms with Gasteiger partial charge in [0.2, 0.25) is 0 Å². The van der Waals surface area contributed by atoms with Gasteiger partial charge in [-0.25, -0.2) is 0 Å². The minimum atomic E-state index is -2.76. The van der Waals surface area contributed by atoms with Crippen LogP contribution < -0.4 is 0 Å². The van der Waals surface area contributed by atoms with E-state index in [0.29, 0.717) is 5.75 Å². The molecule has 0 saturated carbocycles. The minimum absolute atomic E-state index is 0.433. The van der Waals surface area contributed by atoms with E-state index in [1.54, 1.807) is 0 Å². The largest absolute Gasteiger partial charge is 0.695 e. The predicted octanol–water partition coefficient (Wildman–Crippen LogP) is 18.2. The first-order chi connectivity index (χ1) is 27.4. The fourth-order valence-electron chi connectivity index (χ4n) is 8.76. The lowest BCUT2D eigenvalue weighted by atomic mass is 9.81. The Morgan fingerprint density at radius 1 is 0.429 bits per heavy atom. The number of unbranched alkanes of at least 4 members (excludes halogenated alkanes) is 32. The molecule has 0 aliphatic carbocycles. The highest BCUT2D eigenvalue weighted by Gasteiger charge is 2.42. The molecule has 2 N–H and O–H groups in total. The van der Waals surface area contributed by atoms with Gasteiger partial charge in [-0.05, 0) is 67.3 Å². The molecule has 1 rings (SSSR count). The van der Waals surface area contributed by atoms with Crippen LogP contribution in [0.25, 0.3) is 0 Å². The van der Waals surface area contributed by atoms with E-state index in [-0.39, 0.29) is 0 Å². The smallest absolute Gasteiger partial charge is 0.507 e. The molecule has 0 aliphatic rings. The monoisotopic (exact) mass is 804 g/mol. The van der Waals surface area contributed by atoms with Crippen molar-refractivity contribution in [1.82, 2.24) is 0 Å². The van der Waals surface area contributed by atoms with Gasteiger partial charge in [0.1, 0.15) is 5.75 Å². The highest BCUT2D eigenvalue weighted by Crippen LogP contribution is 2.45. The van der Waals surface area contributed by atoms with Crippen LogP contribution >= 0.6 is 8.25 Å². The Hall–Kier alpha value is -0.960. The zero-order chi connectivity index (χ0) is 40.8. The third-order valence-electron chi connectivity index (χ3n) is 12.5. The average molecular weight is 804 g/mol. The molecule has 4 nitrogen and oxygen atoms in total. The standard InChI is InChI=1S/C51H95O4P/c1-5-9-13-15-17-19-21-23-25-27-29-31-33-35-37-39-43-51(55-56(53)54,49-45-47(41-11-7-3)50(52)48(46-49)42-12-8-4)44-40-38-36-34-32-30-28-26-24-22-20-18-16-14-10-6-2/h45-46H,5-44H2,1-4H3,(H-,52,53,54)/p+1. The van der Waals surface area contributed by atoms with Gasteiger partial charge in [-0.1, -0.05) is 246 Å². The molecule has 328 valence electrons. The first kappa shape index (κ1) is 53.1. The second-order valence-corrected chi connectivity index (χ2v) is 18.4. The Morgan fingerprint density at radius 3 is 0.929 bits per heavy atom. The van der Waals surface area contributed by atoms with Crippen LogP contribution in [-0.2, 0) is 27.5 Å². The molecule has 1 unspecified atom stereocenters. The van der Waals surface area contributed by atoms with Crippen molar-refractivity contribution in [2.75, 3.05) is 0 Å². The molecule has 0 saturated heterocycles. The maximum atomic E-state index is 12.6. The predicted molar refractivity (Wildman–Crippen MR) is 246 cm³/mol. The summed E-state index contributed by atoms with van der Waals surface area (Å²) in [7, 11) is -2.76. The van der Waals surface area contributed by atoms with Crippen molar-refractivity contribution in [2.45, 2.75) is 290 Å². The van der Waals surface area contributed by atoms with Gasteiger partial charge in [0, 0.05) is 4.57 Å². The molecule has 56 heavy (non-hydrogen) atoms. The summed E-state index contributed by atoms with van der Waals surface area (Å²) in [6, 6.07) is 4.27. The molecule has 5 heteroatoms. The lowest BCUT2D eigenvalue weighted by molar-refractivity contribution is 0.0378. The zero-order valence-corrected chi connectivity index (χ0v) is 39.0. The van der Waals surface area contributed by atoms with Crippen molar-refractivity contribution >= 4 is 8.25 Å². The lowest BCUT2D eigenvalue weighted by Crippen LogP contribution is -2.28. The maximum Gasteiger partial charge on any atom is 0.695 e. The Kier molecular flexibility index (Phi) is 36.2. The van der Waals surface area contributed by atoms with E-state index >= 15 is 0 Å². The fourth-order valence-corrected chi connectivity index (χ4v) is 9.35. The Morgan fingerprint density at radius 2 is 0.679 bits per heavy atom. The zero-order valence-electron chi connectivity index (χ0n) is 38.1. The molecule has 0 fully saturated rings. The van der Waals surface area contributed by atoms with E-state index in [1.807, 2.05) is 0 Å². The van der Waals surface area contributed by atoms with Crippen LogP contribution in [0.15, 0.2) is 12.1 Å². The van der Waals surface area contributed by atoms with Crippen molar-refractivity contribution in [2.24, 2.45) is 0 Å². The quantitative estimate of drug-likeness (QED) is 0.0510. The third kappa shape index (κ3) is 27.7. The van der Waals surface area contributed by atoms with Crippen molar-refractivity contribution in [1.29, 1.82) is 0 Å². The summed E-state index contributed by atoms with van der Waals surface area (Å²) in [6.07, 6.45) is 49.9. The molecule has 0 heterocycles. The van der Waals surface area contributed by atoms with E-state index in [4.69, 9.17) is 4.52 Å². The number of hydrogen-bond acceptors (Lipinski definition) is 3. The van der Waals surface area contributed by atoms with Crippen LogP contribution in [0.4, 0.5) is 0 Å². The first-order valence-corrected chi connectivity index (χ1v) is 26.3. The van der Waals surface area contributed by atoms with Gasteiger partial charge in [0.15, 0.2) is 5.60 Å². The van der Waals surface area contributed by atoms with E-state index < -0.39 is 13.9 Å². The summed E-state index contributed by atoms with van der Waals surface area (Å²) in [5.41, 5.74) is 2.20. The summed E-state index contributed by atoms with van der Waals surface area (Å²) in [4.78, 5) is 10.3. The van der Waals surface area contributed by atoms with Gasteiger partial charge in [-0.2, -0.15) is 0 Å². The summed E-state index contributed by atoms with van der Waals surface area (Å²) in [5.74, 6) is 0.433. The lowest BCUT2D eigenvalue weighted by Gasteiger charge is -2.30. The molecule has 1 atom stereocenters. The molecular formula is C51H96O4P+. The number of hydrogen-bond donors (Lipinski definition) is 2. The highest BCUT2D eigenvalue weighted by molar-refractivity contribution is 7.32. The molecule has 1 aromatic rings. The number of aryl methyl sites for hydroxylation is 2. The number of aromatic hydroxyl groups is 1. The summed E-state index contributed by atoms with van der Waals surface area (Å²) in [6.45, 7) is 8.96. The fraction of sp³-hybridized carbons (Fsp3) is 0.882. The van der Waals surface area contributed by atoms with Gasteiger partial charge < -0.3 is 5.11 Å². The van der Waals surface area contributed by atoms with E-state index in [0.717, 1.165) is 93.7 Å². The minimum Gasteiger partial charge on any atom is -0.507 e. The van der Waals surface area contributed by atoms with Crippen LogP contribution in [0.1, 0.15) is 288 Å². The first-order valence-electron chi connectivity index (χ1n) is 25.1. The second-order valence-electron chi connectivity index (χ2n) is 17.8. The Bertz CT molecular complexity index is 960.